The Hall–Kier alpha value is -0.430. The van der Waals surface area contributed by atoms with Crippen LogP contribution >= 0.6 is 11.3 Å². The molecule has 0 spiro atoms. The summed E-state index contributed by atoms with van der Waals surface area (Å²) in [5.41, 5.74) is 0. The van der Waals surface area contributed by atoms with Crippen LogP contribution in [0, 0.1) is 0 Å². The third-order valence-electron chi connectivity index (χ3n) is 2.42. The van der Waals surface area contributed by atoms with Crippen LogP contribution in [0.5, 0.6) is 0 Å². The SMILES string of the molecule is CC1CN(S(=O)(=O)c2cccs2)CCN1. The number of sulfonamides is 1. The Morgan fingerprint density at radius 3 is 3.00 bits per heavy atom. The molecule has 15 heavy (non-hydrogen) atoms. The topological polar surface area (TPSA) is 49.4 Å². The minimum atomic E-state index is -3.24. The fraction of sp³-hybridized carbons (Fsp3) is 0.556. The molecule has 1 fully saturated rings. The van der Waals surface area contributed by atoms with Crippen LogP contribution in [0.3, 0.4) is 0 Å². The molecule has 0 aromatic carbocycles. The molecule has 1 aromatic rings. The minimum absolute atomic E-state index is 0.230. The highest BCUT2D eigenvalue weighted by Crippen LogP contribution is 2.21. The summed E-state index contributed by atoms with van der Waals surface area (Å²) in [6.07, 6.45) is 0. The summed E-state index contributed by atoms with van der Waals surface area (Å²) in [4.78, 5) is 0. The molecule has 0 amide bonds. The number of thiophene rings is 1. The molecule has 0 aliphatic carbocycles. The maximum Gasteiger partial charge on any atom is 0.252 e. The molecule has 84 valence electrons. The van der Waals surface area contributed by atoms with Crippen LogP contribution in [0.2, 0.25) is 0 Å². The van der Waals surface area contributed by atoms with Crippen molar-refractivity contribution in [2.45, 2.75) is 17.2 Å². The summed E-state index contributed by atoms with van der Waals surface area (Å²) < 4.78 is 26.2. The van der Waals surface area contributed by atoms with Crippen molar-refractivity contribution in [3.8, 4) is 0 Å². The first kappa shape index (κ1) is 11.1. The van der Waals surface area contributed by atoms with E-state index in [-0.39, 0.29) is 6.04 Å². The summed E-state index contributed by atoms with van der Waals surface area (Å²) in [6, 6.07) is 3.66. The quantitative estimate of drug-likeness (QED) is 0.837. The predicted octanol–water partition coefficient (Wildman–Crippen LogP) is 0.731. The number of nitrogens with one attached hydrogen (secondary N) is 1. The summed E-state index contributed by atoms with van der Waals surface area (Å²) in [5, 5.41) is 5.02. The van der Waals surface area contributed by atoms with Crippen molar-refractivity contribution in [3.63, 3.8) is 0 Å². The van der Waals surface area contributed by atoms with E-state index >= 15 is 0 Å². The van der Waals surface area contributed by atoms with Crippen LogP contribution in [0.25, 0.3) is 0 Å². The first-order chi connectivity index (χ1) is 7.10. The van der Waals surface area contributed by atoms with Gasteiger partial charge in [0.1, 0.15) is 4.21 Å². The van der Waals surface area contributed by atoms with Gasteiger partial charge in [-0.2, -0.15) is 4.31 Å². The van der Waals surface area contributed by atoms with E-state index in [4.69, 9.17) is 0 Å². The van der Waals surface area contributed by atoms with Gasteiger partial charge in [-0.3, -0.25) is 0 Å². The van der Waals surface area contributed by atoms with Gasteiger partial charge in [-0.1, -0.05) is 6.07 Å². The third kappa shape index (κ3) is 2.23. The van der Waals surface area contributed by atoms with Crippen LogP contribution in [-0.4, -0.2) is 38.4 Å². The molecular formula is C9H14N2O2S2. The molecule has 4 nitrogen and oxygen atoms in total. The average molecular weight is 246 g/mol. The van der Waals surface area contributed by atoms with Gasteiger partial charge in [-0.25, -0.2) is 8.42 Å². The van der Waals surface area contributed by atoms with Crippen LogP contribution in [0.1, 0.15) is 6.92 Å². The molecule has 1 aliphatic heterocycles. The lowest BCUT2D eigenvalue weighted by molar-refractivity contribution is 0.311. The molecule has 1 saturated heterocycles. The van der Waals surface area contributed by atoms with Gasteiger partial charge in [0.05, 0.1) is 0 Å². The number of rotatable bonds is 2. The van der Waals surface area contributed by atoms with Gasteiger partial charge >= 0.3 is 0 Å². The standard InChI is InChI=1S/C9H14N2O2S2/c1-8-7-11(5-4-10-8)15(12,13)9-3-2-6-14-9/h2-3,6,8,10H,4-5,7H2,1H3. The first-order valence-electron chi connectivity index (χ1n) is 4.88. The summed E-state index contributed by atoms with van der Waals surface area (Å²) in [5.74, 6) is 0. The van der Waals surface area contributed by atoms with Crippen LogP contribution in [0.15, 0.2) is 21.7 Å². The zero-order valence-electron chi connectivity index (χ0n) is 8.51. The number of nitrogens with zero attached hydrogens (tertiary/aromatic N) is 1. The molecule has 2 heterocycles. The molecule has 1 atom stereocenters. The maximum atomic E-state index is 12.1. The van der Waals surface area contributed by atoms with Gasteiger partial charge in [-0.05, 0) is 18.4 Å². The normalized spacial score (nSPS) is 24.2. The van der Waals surface area contributed by atoms with E-state index in [9.17, 15) is 8.42 Å². The lowest BCUT2D eigenvalue weighted by atomic mass is 10.3. The van der Waals surface area contributed by atoms with E-state index < -0.39 is 10.0 Å². The predicted molar refractivity (Wildman–Crippen MR) is 60.5 cm³/mol. The van der Waals surface area contributed by atoms with Crippen molar-refractivity contribution in [1.29, 1.82) is 0 Å². The number of hydrogen-bond acceptors (Lipinski definition) is 4. The van der Waals surface area contributed by atoms with Gasteiger partial charge in [0.15, 0.2) is 0 Å². The third-order valence-corrected chi connectivity index (χ3v) is 5.66. The Bertz CT molecular complexity index is 413. The fourth-order valence-electron chi connectivity index (χ4n) is 1.65. The molecule has 0 bridgehead atoms. The van der Waals surface area contributed by atoms with Crippen molar-refractivity contribution in [2.24, 2.45) is 0 Å². The highest BCUT2D eigenvalue weighted by molar-refractivity contribution is 7.91. The van der Waals surface area contributed by atoms with E-state index in [0.29, 0.717) is 17.3 Å². The molecular weight excluding hydrogens is 232 g/mol. The van der Waals surface area contributed by atoms with Crippen molar-refractivity contribution < 1.29 is 8.42 Å². The second-order valence-electron chi connectivity index (χ2n) is 3.65. The Balaban J connectivity index is 2.22. The van der Waals surface area contributed by atoms with E-state index in [0.717, 1.165) is 6.54 Å². The zero-order chi connectivity index (χ0) is 10.9. The van der Waals surface area contributed by atoms with E-state index in [1.54, 1.807) is 21.8 Å². The second-order valence-corrected chi connectivity index (χ2v) is 6.76. The smallest absolute Gasteiger partial charge is 0.252 e. The van der Waals surface area contributed by atoms with E-state index in [1.165, 1.54) is 11.3 Å². The molecule has 0 saturated carbocycles. The molecule has 1 N–H and O–H groups in total. The summed E-state index contributed by atoms with van der Waals surface area (Å²) >= 11 is 1.27. The van der Waals surface area contributed by atoms with E-state index in [2.05, 4.69) is 5.32 Å². The maximum absolute atomic E-state index is 12.1. The Kier molecular flexibility index (Phi) is 3.11. The second kappa shape index (κ2) is 4.21. The van der Waals surface area contributed by atoms with Gasteiger partial charge in [0.2, 0.25) is 0 Å². The lowest BCUT2D eigenvalue weighted by Gasteiger charge is -2.30. The van der Waals surface area contributed by atoms with Gasteiger partial charge < -0.3 is 5.32 Å². The largest absolute Gasteiger partial charge is 0.312 e. The van der Waals surface area contributed by atoms with Gasteiger partial charge in [0.25, 0.3) is 10.0 Å². The molecule has 0 radical (unpaired) electrons. The van der Waals surface area contributed by atoms with Crippen LogP contribution in [-0.2, 0) is 10.0 Å². The van der Waals surface area contributed by atoms with Gasteiger partial charge in [0, 0.05) is 25.7 Å². The van der Waals surface area contributed by atoms with Crippen molar-refractivity contribution in [3.05, 3.63) is 17.5 Å². The summed E-state index contributed by atoms with van der Waals surface area (Å²) in [6.45, 7) is 3.84. The molecule has 1 unspecified atom stereocenters. The lowest BCUT2D eigenvalue weighted by Crippen LogP contribution is -2.51. The molecule has 2 rings (SSSR count). The first-order valence-corrected chi connectivity index (χ1v) is 7.20. The number of piperazine rings is 1. The Morgan fingerprint density at radius 2 is 2.40 bits per heavy atom. The highest BCUT2D eigenvalue weighted by atomic mass is 32.2. The van der Waals surface area contributed by atoms with Crippen LogP contribution in [0.4, 0.5) is 0 Å². The van der Waals surface area contributed by atoms with Crippen molar-refractivity contribution >= 4 is 21.4 Å². The molecule has 1 aromatic heterocycles. The van der Waals surface area contributed by atoms with E-state index in [1.807, 2.05) is 6.92 Å². The fourth-order valence-corrected chi connectivity index (χ4v) is 4.33. The number of hydrogen-bond donors (Lipinski definition) is 1. The zero-order valence-corrected chi connectivity index (χ0v) is 10.1. The van der Waals surface area contributed by atoms with Gasteiger partial charge in [-0.15, -0.1) is 11.3 Å². The molecule has 1 aliphatic rings. The highest BCUT2D eigenvalue weighted by Gasteiger charge is 2.28. The Labute approximate surface area is 94.0 Å². The van der Waals surface area contributed by atoms with Crippen molar-refractivity contribution in [1.82, 2.24) is 9.62 Å². The Morgan fingerprint density at radius 1 is 1.60 bits per heavy atom. The van der Waals surface area contributed by atoms with Crippen LogP contribution < -0.4 is 5.32 Å². The molecule has 6 heteroatoms. The minimum Gasteiger partial charge on any atom is -0.312 e. The van der Waals surface area contributed by atoms with Crippen molar-refractivity contribution in [2.75, 3.05) is 19.6 Å². The average Bonchev–Trinajstić information content (AvgIpc) is 2.71. The monoisotopic (exact) mass is 246 g/mol. The summed E-state index contributed by atoms with van der Waals surface area (Å²) in [7, 11) is -3.24.